The molecule has 14 heavy (non-hydrogen) atoms. The van der Waals surface area contributed by atoms with Gasteiger partial charge in [0.05, 0.1) is 17.5 Å². The van der Waals surface area contributed by atoms with Crippen LogP contribution >= 0.6 is 12.2 Å². The third kappa shape index (κ3) is 3.59. The van der Waals surface area contributed by atoms with Crippen molar-refractivity contribution in [3.63, 3.8) is 0 Å². The Labute approximate surface area is 89.2 Å². The summed E-state index contributed by atoms with van der Waals surface area (Å²) in [7, 11) is 0. The third-order valence-electron chi connectivity index (χ3n) is 2.20. The highest BCUT2D eigenvalue weighted by Gasteiger charge is 2.24. The van der Waals surface area contributed by atoms with E-state index in [4.69, 9.17) is 22.7 Å². The highest BCUT2D eigenvalue weighted by Crippen LogP contribution is 2.12. The molecule has 0 bridgehead atoms. The predicted octanol–water partition coefficient (Wildman–Crippen LogP) is 0.204. The van der Waals surface area contributed by atoms with E-state index in [0.717, 1.165) is 6.42 Å². The zero-order chi connectivity index (χ0) is 10.6. The van der Waals surface area contributed by atoms with E-state index in [2.05, 4.69) is 5.32 Å². The van der Waals surface area contributed by atoms with Gasteiger partial charge in [0.1, 0.15) is 0 Å². The molecule has 5 heteroatoms. The number of carbonyl (C=O) groups is 1. The zero-order valence-electron chi connectivity index (χ0n) is 8.29. The topological polar surface area (TPSA) is 64.3 Å². The Balaban J connectivity index is 2.28. The minimum Gasteiger partial charge on any atom is -0.393 e. The van der Waals surface area contributed by atoms with Gasteiger partial charge in [0.15, 0.2) is 0 Å². The first kappa shape index (κ1) is 11.4. The molecule has 3 N–H and O–H groups in total. The molecule has 1 heterocycles. The first-order valence-electron chi connectivity index (χ1n) is 4.76. The van der Waals surface area contributed by atoms with Gasteiger partial charge in [-0.2, -0.15) is 0 Å². The van der Waals surface area contributed by atoms with Gasteiger partial charge in [0, 0.05) is 19.1 Å². The van der Waals surface area contributed by atoms with Gasteiger partial charge < -0.3 is 15.8 Å². The second-order valence-electron chi connectivity index (χ2n) is 3.64. The quantitative estimate of drug-likeness (QED) is 0.659. The van der Waals surface area contributed by atoms with Gasteiger partial charge in [-0.3, -0.25) is 4.79 Å². The van der Waals surface area contributed by atoms with E-state index in [0.29, 0.717) is 24.6 Å². The van der Waals surface area contributed by atoms with Crippen molar-refractivity contribution in [2.24, 2.45) is 11.7 Å². The number of carbonyl (C=O) groups excluding carboxylic acids is 1. The molecule has 1 aliphatic heterocycles. The fourth-order valence-electron chi connectivity index (χ4n) is 1.45. The van der Waals surface area contributed by atoms with Crippen molar-refractivity contribution in [3.05, 3.63) is 0 Å². The summed E-state index contributed by atoms with van der Waals surface area (Å²) in [5.41, 5.74) is 5.38. The molecule has 0 aromatic heterocycles. The summed E-state index contributed by atoms with van der Waals surface area (Å²) >= 11 is 4.76. The summed E-state index contributed by atoms with van der Waals surface area (Å²) in [5.74, 6) is 0.0510. The van der Waals surface area contributed by atoms with Crippen LogP contribution in [0.4, 0.5) is 0 Å². The summed E-state index contributed by atoms with van der Waals surface area (Å²) in [5, 5.41) is 2.87. The molecule has 4 nitrogen and oxygen atoms in total. The van der Waals surface area contributed by atoms with Crippen molar-refractivity contribution in [2.75, 3.05) is 13.2 Å². The van der Waals surface area contributed by atoms with Crippen molar-refractivity contribution >= 4 is 23.1 Å². The summed E-state index contributed by atoms with van der Waals surface area (Å²) < 4.78 is 5.13. The molecule has 0 saturated carbocycles. The van der Waals surface area contributed by atoms with Crippen LogP contribution in [-0.2, 0) is 9.53 Å². The molecular formula is C9H16N2O2S. The number of hydrogen-bond acceptors (Lipinski definition) is 3. The highest BCUT2D eigenvalue weighted by molar-refractivity contribution is 7.80. The summed E-state index contributed by atoms with van der Waals surface area (Å²) in [6.45, 7) is 3.11. The van der Waals surface area contributed by atoms with Crippen LogP contribution in [0.5, 0.6) is 0 Å². The Kier molecular flexibility index (Phi) is 4.28. The van der Waals surface area contributed by atoms with Crippen molar-refractivity contribution in [1.82, 2.24) is 5.32 Å². The molecule has 0 aromatic rings. The van der Waals surface area contributed by atoms with Crippen LogP contribution in [0.25, 0.3) is 0 Å². The number of thiocarbonyl (C=S) groups is 1. The van der Waals surface area contributed by atoms with E-state index in [1.165, 1.54) is 0 Å². The normalized spacial score (nSPS) is 23.1. The lowest BCUT2D eigenvalue weighted by Crippen LogP contribution is -2.39. The van der Waals surface area contributed by atoms with E-state index >= 15 is 0 Å². The monoisotopic (exact) mass is 216 g/mol. The highest BCUT2D eigenvalue weighted by atomic mass is 32.1. The Morgan fingerprint density at radius 1 is 1.79 bits per heavy atom. The van der Waals surface area contributed by atoms with Crippen LogP contribution in [0, 0.1) is 5.92 Å². The van der Waals surface area contributed by atoms with Gasteiger partial charge in [-0.15, -0.1) is 0 Å². The van der Waals surface area contributed by atoms with E-state index < -0.39 is 0 Å². The molecular weight excluding hydrogens is 200 g/mol. The van der Waals surface area contributed by atoms with Crippen molar-refractivity contribution < 1.29 is 9.53 Å². The number of rotatable bonds is 4. The summed E-state index contributed by atoms with van der Waals surface area (Å²) in [6.07, 6.45) is 1.36. The van der Waals surface area contributed by atoms with Gasteiger partial charge in [0.25, 0.3) is 0 Å². The molecule has 0 spiro atoms. The third-order valence-corrected chi connectivity index (χ3v) is 2.36. The Morgan fingerprint density at radius 2 is 2.50 bits per heavy atom. The number of hydrogen-bond donors (Lipinski definition) is 2. The van der Waals surface area contributed by atoms with Crippen LogP contribution in [0.2, 0.25) is 0 Å². The maximum absolute atomic E-state index is 11.6. The fraction of sp³-hybridized carbons (Fsp3) is 0.778. The molecule has 1 rings (SSSR count). The first-order valence-corrected chi connectivity index (χ1v) is 5.17. The van der Waals surface area contributed by atoms with Crippen LogP contribution in [0.15, 0.2) is 0 Å². The SMILES string of the molecule is CC(CC(N)=S)NC(=O)C1CCOC1. The molecule has 1 fully saturated rings. The molecule has 80 valence electrons. The Hall–Kier alpha value is -0.680. The van der Waals surface area contributed by atoms with E-state index in [1.54, 1.807) is 0 Å². The van der Waals surface area contributed by atoms with Gasteiger partial charge >= 0.3 is 0 Å². The summed E-state index contributed by atoms with van der Waals surface area (Å²) in [6, 6.07) is 0.0144. The zero-order valence-corrected chi connectivity index (χ0v) is 9.10. The van der Waals surface area contributed by atoms with Crippen LogP contribution in [0.3, 0.4) is 0 Å². The standard InChI is InChI=1S/C9H16N2O2S/c1-6(4-8(10)14)11-9(12)7-2-3-13-5-7/h6-7H,2-5H2,1H3,(H2,10,14)(H,11,12). The van der Waals surface area contributed by atoms with E-state index in [9.17, 15) is 4.79 Å². The smallest absolute Gasteiger partial charge is 0.225 e. The predicted molar refractivity (Wildman–Crippen MR) is 57.9 cm³/mol. The molecule has 0 aromatic carbocycles. The lowest BCUT2D eigenvalue weighted by atomic mass is 10.1. The molecule has 1 amide bonds. The minimum atomic E-state index is 0.00351. The molecule has 1 aliphatic rings. The lowest BCUT2D eigenvalue weighted by molar-refractivity contribution is -0.125. The number of amides is 1. The van der Waals surface area contributed by atoms with Crippen LogP contribution < -0.4 is 11.1 Å². The second-order valence-corrected chi connectivity index (χ2v) is 4.16. The van der Waals surface area contributed by atoms with Crippen molar-refractivity contribution in [3.8, 4) is 0 Å². The molecule has 0 aliphatic carbocycles. The molecule has 0 radical (unpaired) electrons. The van der Waals surface area contributed by atoms with Gasteiger partial charge in [0.2, 0.25) is 5.91 Å². The largest absolute Gasteiger partial charge is 0.393 e. The van der Waals surface area contributed by atoms with Gasteiger partial charge in [-0.05, 0) is 13.3 Å². The van der Waals surface area contributed by atoms with E-state index in [-0.39, 0.29) is 17.9 Å². The summed E-state index contributed by atoms with van der Waals surface area (Å²) in [4.78, 5) is 12.0. The van der Waals surface area contributed by atoms with Crippen molar-refractivity contribution in [2.45, 2.75) is 25.8 Å². The van der Waals surface area contributed by atoms with Crippen LogP contribution in [-0.4, -0.2) is 30.2 Å². The first-order chi connectivity index (χ1) is 6.59. The second kappa shape index (κ2) is 5.26. The van der Waals surface area contributed by atoms with Crippen molar-refractivity contribution in [1.29, 1.82) is 0 Å². The van der Waals surface area contributed by atoms with Gasteiger partial charge in [-0.1, -0.05) is 12.2 Å². The number of nitrogens with two attached hydrogens (primary N) is 1. The van der Waals surface area contributed by atoms with Crippen LogP contribution in [0.1, 0.15) is 19.8 Å². The fourth-order valence-corrected chi connectivity index (χ4v) is 1.70. The average molecular weight is 216 g/mol. The molecule has 2 unspecified atom stereocenters. The van der Waals surface area contributed by atoms with E-state index in [1.807, 2.05) is 6.92 Å². The van der Waals surface area contributed by atoms with Gasteiger partial charge in [-0.25, -0.2) is 0 Å². The Bertz CT molecular complexity index is 227. The molecule has 1 saturated heterocycles. The number of nitrogens with one attached hydrogen (secondary N) is 1. The number of ether oxygens (including phenoxy) is 1. The maximum Gasteiger partial charge on any atom is 0.225 e. The Morgan fingerprint density at radius 3 is 3.00 bits per heavy atom. The maximum atomic E-state index is 11.6. The average Bonchev–Trinajstić information content (AvgIpc) is 2.53. The lowest BCUT2D eigenvalue weighted by Gasteiger charge is -2.15. The minimum absolute atomic E-state index is 0.00351. The molecule has 2 atom stereocenters.